The second kappa shape index (κ2) is 13.7. The van der Waals surface area contributed by atoms with Crippen molar-refractivity contribution < 1.29 is 23.1 Å². The van der Waals surface area contributed by atoms with Crippen LogP contribution >= 0.6 is 0 Å². The zero-order valence-corrected chi connectivity index (χ0v) is 22.9. The maximum absolute atomic E-state index is 12.1. The van der Waals surface area contributed by atoms with Crippen LogP contribution in [0.15, 0.2) is 108 Å². The molecule has 1 fully saturated rings. The number of para-hydroxylation sites is 1. The van der Waals surface area contributed by atoms with E-state index in [0.717, 1.165) is 32.0 Å². The number of ether oxygens (including phenoxy) is 1. The lowest BCUT2D eigenvalue weighted by Crippen LogP contribution is -2.21. The zero-order valence-electron chi connectivity index (χ0n) is 22.1. The molecule has 1 heterocycles. The number of anilines is 1. The Morgan fingerprint density at radius 3 is 1.80 bits per heavy atom. The van der Waals surface area contributed by atoms with Crippen molar-refractivity contribution in [2.45, 2.75) is 30.8 Å². The van der Waals surface area contributed by atoms with Crippen molar-refractivity contribution in [2.75, 3.05) is 18.0 Å². The smallest absolute Gasteiger partial charge is 0.335 e. The first kappa shape index (κ1) is 28.8. The summed E-state index contributed by atoms with van der Waals surface area (Å²) in [5.74, 6) is -0.729. The number of carbonyl (C=O) groups is 1. The van der Waals surface area contributed by atoms with Gasteiger partial charge in [-0.2, -0.15) is 0 Å². The number of nitrogens with zero attached hydrogens (tertiary/aromatic N) is 1. The van der Waals surface area contributed by atoms with Gasteiger partial charge in [-0.05, 0) is 48.2 Å². The Labute approximate surface area is 235 Å². The SMILES string of the molecule is NS(=O)(=O)c1cc(C(=O)O)cc(N2CCCC2)c1Oc1ccccc1.c1ccc(CNCc2ccccc2)cc1. The van der Waals surface area contributed by atoms with E-state index in [2.05, 4.69) is 53.8 Å². The van der Waals surface area contributed by atoms with Crippen LogP contribution in [0.2, 0.25) is 0 Å². The van der Waals surface area contributed by atoms with E-state index in [0.29, 0.717) is 24.5 Å². The van der Waals surface area contributed by atoms with Crippen LogP contribution in [0.3, 0.4) is 0 Å². The predicted octanol–water partition coefficient (Wildman–Crippen LogP) is 5.40. The maximum Gasteiger partial charge on any atom is 0.335 e. The largest absolute Gasteiger partial charge is 0.478 e. The van der Waals surface area contributed by atoms with Gasteiger partial charge in [0.15, 0.2) is 5.75 Å². The van der Waals surface area contributed by atoms with E-state index in [9.17, 15) is 18.3 Å². The Kier molecular flexibility index (Phi) is 9.91. The molecule has 0 unspecified atom stereocenters. The topological polar surface area (TPSA) is 122 Å². The third-order valence-corrected chi connectivity index (χ3v) is 7.26. The van der Waals surface area contributed by atoms with Crippen LogP contribution < -0.4 is 20.1 Å². The van der Waals surface area contributed by atoms with Crippen molar-refractivity contribution in [1.29, 1.82) is 0 Å². The monoisotopic (exact) mass is 559 g/mol. The fourth-order valence-corrected chi connectivity index (χ4v) is 5.06. The number of aromatic carboxylic acids is 1. The van der Waals surface area contributed by atoms with Crippen molar-refractivity contribution in [2.24, 2.45) is 5.14 Å². The third-order valence-electron chi connectivity index (χ3n) is 6.34. The predicted molar refractivity (Wildman–Crippen MR) is 156 cm³/mol. The number of primary sulfonamides is 1. The molecular formula is C31H33N3O5S. The van der Waals surface area contributed by atoms with E-state index >= 15 is 0 Å². The molecule has 0 amide bonds. The average molecular weight is 560 g/mol. The molecule has 1 aliphatic rings. The summed E-state index contributed by atoms with van der Waals surface area (Å²) < 4.78 is 30.0. The van der Waals surface area contributed by atoms with Crippen LogP contribution in [-0.4, -0.2) is 32.6 Å². The van der Waals surface area contributed by atoms with Gasteiger partial charge in [-0.25, -0.2) is 18.4 Å². The van der Waals surface area contributed by atoms with Crippen LogP contribution in [0.4, 0.5) is 5.69 Å². The lowest BCUT2D eigenvalue weighted by Gasteiger charge is -2.23. The molecule has 208 valence electrons. The molecule has 4 N–H and O–H groups in total. The maximum atomic E-state index is 12.1. The summed E-state index contributed by atoms with van der Waals surface area (Å²) in [6.45, 7) is 3.24. The lowest BCUT2D eigenvalue weighted by molar-refractivity contribution is 0.0696. The molecular weight excluding hydrogens is 526 g/mol. The highest BCUT2D eigenvalue weighted by atomic mass is 32.2. The van der Waals surface area contributed by atoms with Gasteiger partial charge in [0.05, 0.1) is 11.3 Å². The Morgan fingerprint density at radius 1 is 0.825 bits per heavy atom. The molecule has 1 saturated heterocycles. The van der Waals surface area contributed by atoms with E-state index in [1.165, 1.54) is 17.2 Å². The van der Waals surface area contributed by atoms with Gasteiger partial charge in [0.25, 0.3) is 0 Å². The minimum atomic E-state index is -4.18. The number of benzene rings is 4. The van der Waals surface area contributed by atoms with Gasteiger partial charge in [0, 0.05) is 26.2 Å². The first-order valence-electron chi connectivity index (χ1n) is 13.0. The molecule has 0 atom stereocenters. The van der Waals surface area contributed by atoms with Crippen molar-refractivity contribution in [3.05, 3.63) is 120 Å². The van der Waals surface area contributed by atoms with E-state index in [-0.39, 0.29) is 16.2 Å². The third kappa shape index (κ3) is 8.16. The van der Waals surface area contributed by atoms with Crippen LogP contribution in [-0.2, 0) is 23.1 Å². The minimum absolute atomic E-state index is 0.0561. The minimum Gasteiger partial charge on any atom is -0.478 e. The molecule has 0 saturated carbocycles. The first-order valence-corrected chi connectivity index (χ1v) is 14.6. The summed E-state index contributed by atoms with van der Waals surface area (Å²) in [6.07, 6.45) is 1.87. The summed E-state index contributed by atoms with van der Waals surface area (Å²) in [7, 11) is -4.18. The molecule has 9 heteroatoms. The summed E-state index contributed by atoms with van der Waals surface area (Å²) in [4.78, 5) is 13.0. The highest BCUT2D eigenvalue weighted by Crippen LogP contribution is 2.40. The Hall–Kier alpha value is -4.18. The van der Waals surface area contributed by atoms with E-state index in [4.69, 9.17) is 9.88 Å². The summed E-state index contributed by atoms with van der Waals surface area (Å²) in [5.41, 5.74) is 2.93. The highest BCUT2D eigenvalue weighted by Gasteiger charge is 2.27. The van der Waals surface area contributed by atoms with Gasteiger partial charge in [-0.3, -0.25) is 0 Å². The summed E-state index contributed by atoms with van der Waals surface area (Å²) >= 11 is 0. The number of carboxylic acid groups (broad SMARTS) is 1. The number of carboxylic acids is 1. The molecule has 4 aromatic carbocycles. The summed E-state index contributed by atoms with van der Waals surface area (Å²) in [6, 6.07) is 32.1. The number of nitrogens with two attached hydrogens (primary N) is 1. The van der Waals surface area contributed by atoms with Gasteiger partial charge in [-0.15, -0.1) is 0 Å². The highest BCUT2D eigenvalue weighted by molar-refractivity contribution is 7.89. The second-order valence-corrected chi connectivity index (χ2v) is 10.9. The molecule has 0 spiro atoms. The van der Waals surface area contributed by atoms with Gasteiger partial charge < -0.3 is 20.1 Å². The molecule has 8 nitrogen and oxygen atoms in total. The number of nitrogens with one attached hydrogen (secondary N) is 1. The van der Waals surface area contributed by atoms with Crippen LogP contribution in [0.25, 0.3) is 0 Å². The van der Waals surface area contributed by atoms with E-state index in [1.807, 2.05) is 23.1 Å². The first-order chi connectivity index (χ1) is 19.3. The van der Waals surface area contributed by atoms with E-state index in [1.54, 1.807) is 24.3 Å². The van der Waals surface area contributed by atoms with Crippen LogP contribution in [0.1, 0.15) is 34.3 Å². The molecule has 1 aliphatic heterocycles. The van der Waals surface area contributed by atoms with Crippen molar-refractivity contribution >= 4 is 21.7 Å². The van der Waals surface area contributed by atoms with Gasteiger partial charge in [0.2, 0.25) is 10.0 Å². The van der Waals surface area contributed by atoms with Gasteiger partial charge in [-0.1, -0.05) is 78.9 Å². The molecule has 0 aliphatic carbocycles. The quantitative estimate of drug-likeness (QED) is 0.251. The number of hydrogen-bond acceptors (Lipinski definition) is 6. The Balaban J connectivity index is 0.000000210. The number of rotatable bonds is 9. The second-order valence-electron chi connectivity index (χ2n) is 9.36. The fourth-order valence-electron chi connectivity index (χ4n) is 4.37. The molecule has 0 radical (unpaired) electrons. The number of hydrogen-bond donors (Lipinski definition) is 3. The lowest BCUT2D eigenvalue weighted by atomic mass is 10.1. The van der Waals surface area contributed by atoms with Crippen LogP contribution in [0.5, 0.6) is 11.5 Å². The van der Waals surface area contributed by atoms with Crippen molar-refractivity contribution in [1.82, 2.24) is 5.32 Å². The van der Waals surface area contributed by atoms with Crippen LogP contribution in [0, 0.1) is 0 Å². The molecule has 40 heavy (non-hydrogen) atoms. The van der Waals surface area contributed by atoms with Gasteiger partial charge in [0.1, 0.15) is 10.6 Å². The fraction of sp³-hybridized carbons (Fsp3) is 0.194. The molecule has 4 aromatic rings. The van der Waals surface area contributed by atoms with E-state index < -0.39 is 16.0 Å². The standard InChI is InChI=1S/C17H18N2O5S.C14H15N/c18-25(22,23)15-11-12(17(20)21)10-14(19-8-4-5-9-19)16(15)24-13-6-2-1-3-7-13;1-3-7-13(8-4-1)11-15-12-14-9-5-2-6-10-14/h1-3,6-7,10-11H,4-5,8-9H2,(H,20,21)(H2,18,22,23);1-10,15H,11-12H2. The molecule has 5 rings (SSSR count). The summed E-state index contributed by atoms with van der Waals surface area (Å²) in [5, 5.41) is 18.1. The van der Waals surface area contributed by atoms with Gasteiger partial charge >= 0.3 is 5.97 Å². The van der Waals surface area contributed by atoms with Crippen molar-refractivity contribution in [3.63, 3.8) is 0 Å². The Bertz CT molecular complexity index is 1450. The Morgan fingerprint density at radius 2 is 1.32 bits per heavy atom. The zero-order chi connectivity index (χ0) is 28.4. The number of sulfonamides is 1. The van der Waals surface area contributed by atoms with Crippen molar-refractivity contribution in [3.8, 4) is 11.5 Å². The normalized spacial score (nSPS) is 12.9. The molecule has 0 bridgehead atoms. The average Bonchev–Trinajstić information content (AvgIpc) is 3.50. The molecule has 0 aromatic heterocycles.